The summed E-state index contributed by atoms with van der Waals surface area (Å²) in [6.45, 7) is 6.55. The van der Waals surface area contributed by atoms with Crippen LogP contribution in [0.5, 0.6) is 0 Å². The van der Waals surface area contributed by atoms with E-state index in [1.807, 2.05) is 30.5 Å². The number of hydrogen-bond acceptors (Lipinski definition) is 3. The summed E-state index contributed by atoms with van der Waals surface area (Å²) in [6, 6.07) is 9.32. The summed E-state index contributed by atoms with van der Waals surface area (Å²) in [6.07, 6.45) is 8.07. The normalized spacial score (nSPS) is 12.5. The molecule has 114 valence electrons. The quantitative estimate of drug-likeness (QED) is 0.558. The summed E-state index contributed by atoms with van der Waals surface area (Å²) in [7, 11) is 0. The first-order valence-electron chi connectivity index (χ1n) is 7.71. The third-order valence-electron chi connectivity index (χ3n) is 3.45. The highest BCUT2D eigenvalue weighted by molar-refractivity contribution is 7.99. The van der Waals surface area contributed by atoms with Crippen molar-refractivity contribution in [2.75, 3.05) is 12.3 Å². The lowest BCUT2D eigenvalue weighted by Crippen LogP contribution is -2.19. The Kier molecular flexibility index (Phi) is 6.83. The van der Waals surface area contributed by atoms with Crippen LogP contribution in [0.4, 0.5) is 0 Å². The van der Waals surface area contributed by atoms with Crippen molar-refractivity contribution >= 4 is 11.8 Å². The number of thioether (sulfide) groups is 1. The topological polar surface area (TPSA) is 29.9 Å². The first-order valence-corrected chi connectivity index (χ1v) is 8.70. The minimum absolute atomic E-state index is 0.427. The Bertz CT molecular complexity index is 511. The van der Waals surface area contributed by atoms with Gasteiger partial charge in [0.05, 0.1) is 6.33 Å². The molecular weight excluding hydrogens is 278 g/mol. The van der Waals surface area contributed by atoms with Crippen molar-refractivity contribution < 1.29 is 0 Å². The monoisotopic (exact) mass is 303 g/mol. The lowest BCUT2D eigenvalue weighted by atomic mass is 10.1. The Morgan fingerprint density at radius 2 is 2.29 bits per heavy atom. The number of imidazole rings is 1. The highest BCUT2D eigenvalue weighted by Crippen LogP contribution is 2.23. The molecule has 1 aromatic heterocycles. The summed E-state index contributed by atoms with van der Waals surface area (Å²) < 4.78 is 2.13. The highest BCUT2D eigenvalue weighted by Gasteiger charge is 2.05. The second kappa shape index (κ2) is 8.90. The van der Waals surface area contributed by atoms with Gasteiger partial charge in [0.1, 0.15) is 0 Å². The van der Waals surface area contributed by atoms with Gasteiger partial charge in [-0.3, -0.25) is 0 Å². The molecule has 2 rings (SSSR count). The van der Waals surface area contributed by atoms with Gasteiger partial charge in [-0.05, 0) is 49.8 Å². The highest BCUT2D eigenvalue weighted by atomic mass is 32.2. The summed E-state index contributed by atoms with van der Waals surface area (Å²) in [5, 5.41) is 3.54. The van der Waals surface area contributed by atoms with Gasteiger partial charge in [-0.2, -0.15) is 0 Å². The number of hydrogen-bond donors (Lipinski definition) is 1. The number of nitrogens with one attached hydrogen (secondary N) is 1. The third kappa shape index (κ3) is 5.56. The molecule has 0 radical (unpaired) electrons. The van der Waals surface area contributed by atoms with Gasteiger partial charge >= 0.3 is 0 Å². The van der Waals surface area contributed by atoms with Crippen LogP contribution >= 0.6 is 11.8 Å². The average Bonchev–Trinajstić information content (AvgIpc) is 3.03. The van der Waals surface area contributed by atoms with Gasteiger partial charge in [-0.1, -0.05) is 19.1 Å². The van der Waals surface area contributed by atoms with E-state index in [0.717, 1.165) is 25.3 Å². The summed E-state index contributed by atoms with van der Waals surface area (Å²) in [4.78, 5) is 5.43. The van der Waals surface area contributed by atoms with Gasteiger partial charge in [-0.15, -0.1) is 11.8 Å². The van der Waals surface area contributed by atoms with Gasteiger partial charge in [0.15, 0.2) is 0 Å². The van der Waals surface area contributed by atoms with E-state index in [9.17, 15) is 0 Å². The van der Waals surface area contributed by atoms with Crippen LogP contribution in [-0.2, 0) is 6.54 Å². The number of aromatic nitrogens is 2. The molecule has 1 N–H and O–H groups in total. The molecule has 0 aliphatic rings. The van der Waals surface area contributed by atoms with E-state index in [4.69, 9.17) is 0 Å². The van der Waals surface area contributed by atoms with Crippen LogP contribution in [0.25, 0.3) is 0 Å². The smallest absolute Gasteiger partial charge is 0.0945 e. The molecule has 0 aliphatic carbocycles. The lowest BCUT2D eigenvalue weighted by Gasteiger charge is -2.14. The fourth-order valence-electron chi connectivity index (χ4n) is 2.21. The van der Waals surface area contributed by atoms with E-state index in [2.05, 4.69) is 53.0 Å². The van der Waals surface area contributed by atoms with Crippen molar-refractivity contribution in [1.82, 2.24) is 14.9 Å². The Hall–Kier alpha value is -1.26. The van der Waals surface area contributed by atoms with Gasteiger partial charge in [0.2, 0.25) is 0 Å². The fraction of sp³-hybridized carbons (Fsp3) is 0.471. The first-order chi connectivity index (χ1) is 10.3. The Morgan fingerprint density at radius 3 is 3.05 bits per heavy atom. The maximum atomic E-state index is 4.06. The van der Waals surface area contributed by atoms with Crippen LogP contribution in [-0.4, -0.2) is 21.8 Å². The van der Waals surface area contributed by atoms with Gasteiger partial charge in [0, 0.05) is 29.9 Å². The van der Waals surface area contributed by atoms with Crippen LogP contribution in [0.2, 0.25) is 0 Å². The standard InChI is InChI=1S/C17H25N3S/c1-3-8-19-15(2)16-6-4-7-17(13-16)21-12-5-10-20-11-9-18-14-20/h4,6-7,9,11,13-15,19H,3,5,8,10,12H2,1-2H3. The van der Waals surface area contributed by atoms with E-state index < -0.39 is 0 Å². The maximum absolute atomic E-state index is 4.06. The van der Waals surface area contributed by atoms with Crippen LogP contribution in [0, 0.1) is 0 Å². The fourth-order valence-corrected chi connectivity index (χ4v) is 3.11. The van der Waals surface area contributed by atoms with E-state index >= 15 is 0 Å². The van der Waals surface area contributed by atoms with Crippen molar-refractivity contribution in [3.05, 3.63) is 48.5 Å². The van der Waals surface area contributed by atoms with Crippen molar-refractivity contribution in [2.45, 2.75) is 44.2 Å². The molecule has 21 heavy (non-hydrogen) atoms. The Labute approximate surface area is 132 Å². The minimum Gasteiger partial charge on any atom is -0.337 e. The number of nitrogens with zero attached hydrogens (tertiary/aromatic N) is 2. The largest absolute Gasteiger partial charge is 0.337 e. The second-order valence-corrected chi connectivity index (χ2v) is 6.42. The van der Waals surface area contributed by atoms with Crippen LogP contribution < -0.4 is 5.32 Å². The first kappa shape index (κ1) is 16.1. The van der Waals surface area contributed by atoms with Crippen LogP contribution in [0.3, 0.4) is 0 Å². The predicted octanol–water partition coefficient (Wildman–Crippen LogP) is 4.13. The van der Waals surface area contributed by atoms with E-state index in [0.29, 0.717) is 6.04 Å². The molecule has 0 saturated carbocycles. The molecule has 1 heterocycles. The molecule has 0 amide bonds. The number of aryl methyl sites for hydroxylation is 1. The molecule has 0 fully saturated rings. The Balaban J connectivity index is 1.77. The van der Waals surface area contributed by atoms with Gasteiger partial charge in [-0.25, -0.2) is 4.98 Å². The van der Waals surface area contributed by atoms with Crippen molar-refractivity contribution in [2.24, 2.45) is 0 Å². The van der Waals surface area contributed by atoms with Crippen LogP contribution in [0.1, 0.15) is 38.3 Å². The maximum Gasteiger partial charge on any atom is 0.0945 e. The molecule has 3 nitrogen and oxygen atoms in total. The molecule has 1 unspecified atom stereocenters. The zero-order chi connectivity index (χ0) is 14.9. The van der Waals surface area contributed by atoms with E-state index in [1.54, 1.807) is 0 Å². The lowest BCUT2D eigenvalue weighted by molar-refractivity contribution is 0.570. The molecule has 0 spiro atoms. The molecule has 0 bridgehead atoms. The summed E-state index contributed by atoms with van der Waals surface area (Å²) in [5.41, 5.74) is 1.38. The molecule has 2 aromatic rings. The zero-order valence-electron chi connectivity index (χ0n) is 13.0. The molecular formula is C17H25N3S. The average molecular weight is 303 g/mol. The third-order valence-corrected chi connectivity index (χ3v) is 4.53. The Morgan fingerprint density at radius 1 is 1.38 bits per heavy atom. The van der Waals surface area contributed by atoms with Crippen molar-refractivity contribution in [3.8, 4) is 0 Å². The molecule has 0 saturated heterocycles. The molecule has 0 aliphatic heterocycles. The van der Waals surface area contributed by atoms with Crippen molar-refractivity contribution in [1.29, 1.82) is 0 Å². The van der Waals surface area contributed by atoms with E-state index in [-0.39, 0.29) is 0 Å². The molecule has 4 heteroatoms. The van der Waals surface area contributed by atoms with Gasteiger partial charge in [0.25, 0.3) is 0 Å². The zero-order valence-corrected chi connectivity index (χ0v) is 13.8. The minimum atomic E-state index is 0.427. The van der Waals surface area contributed by atoms with Crippen molar-refractivity contribution in [3.63, 3.8) is 0 Å². The van der Waals surface area contributed by atoms with E-state index in [1.165, 1.54) is 16.9 Å². The SMILES string of the molecule is CCCNC(C)c1cccc(SCCCn2ccnc2)c1. The van der Waals surface area contributed by atoms with Gasteiger partial charge < -0.3 is 9.88 Å². The predicted molar refractivity (Wildman–Crippen MR) is 90.7 cm³/mol. The van der Waals surface area contributed by atoms with Crippen LogP contribution in [0.15, 0.2) is 47.9 Å². The molecule has 1 aromatic carbocycles. The second-order valence-electron chi connectivity index (χ2n) is 5.25. The summed E-state index contributed by atoms with van der Waals surface area (Å²) in [5.74, 6) is 1.14. The molecule has 1 atom stereocenters. The number of benzene rings is 1. The number of rotatable bonds is 9. The summed E-state index contributed by atoms with van der Waals surface area (Å²) >= 11 is 1.94.